The SMILES string of the molecule is CC(C)c1cc(O[C@@]2(O)O[C@H](CO)[C@@H](O)[C@H](O)[C@H]2O)cc(C(C)C)c1NC(=O)CN1CCN(CCSc2nc3ccccc3o2)CC1. The van der Waals surface area contributed by atoms with Gasteiger partial charge in [-0.15, -0.1) is 0 Å². The number of nitrogens with zero attached hydrogens (tertiary/aromatic N) is 3. The predicted octanol–water partition coefficient (Wildman–Crippen LogP) is 1.92. The number of anilines is 1. The Labute approximate surface area is 278 Å². The van der Waals surface area contributed by atoms with Crippen molar-refractivity contribution < 1.29 is 44.2 Å². The maximum Gasteiger partial charge on any atom is 0.355 e. The normalized spacial score (nSPS) is 25.9. The number of carbonyl (C=O) groups is 1. The molecule has 5 atom stereocenters. The average molecular weight is 675 g/mol. The molecule has 5 rings (SSSR count). The van der Waals surface area contributed by atoms with Crippen molar-refractivity contribution in [2.75, 3.05) is 56.9 Å². The van der Waals surface area contributed by atoms with Crippen molar-refractivity contribution in [2.45, 2.75) is 75.1 Å². The zero-order valence-electron chi connectivity index (χ0n) is 27.2. The van der Waals surface area contributed by atoms with Gasteiger partial charge in [-0.2, -0.15) is 0 Å². The fraction of sp³-hybridized carbons (Fsp3) is 0.576. The van der Waals surface area contributed by atoms with Crippen LogP contribution >= 0.6 is 11.8 Å². The zero-order chi connectivity index (χ0) is 33.9. The van der Waals surface area contributed by atoms with Gasteiger partial charge < -0.3 is 44.7 Å². The molecule has 2 saturated heterocycles. The Balaban J connectivity index is 1.18. The molecule has 0 unspecified atom stereocenters. The van der Waals surface area contributed by atoms with Gasteiger partial charge in [0.05, 0.1) is 13.2 Å². The number of rotatable bonds is 12. The summed E-state index contributed by atoms with van der Waals surface area (Å²) >= 11 is 1.60. The lowest BCUT2D eigenvalue weighted by Gasteiger charge is -2.44. The van der Waals surface area contributed by atoms with Crippen molar-refractivity contribution in [1.82, 2.24) is 14.8 Å². The van der Waals surface area contributed by atoms with Crippen LogP contribution in [0.15, 0.2) is 46.0 Å². The third-order valence-corrected chi connectivity index (χ3v) is 9.42. The molecule has 3 aromatic rings. The van der Waals surface area contributed by atoms with E-state index in [2.05, 4.69) is 20.1 Å². The molecule has 1 amide bonds. The summed E-state index contributed by atoms with van der Waals surface area (Å²) in [6, 6.07) is 11.0. The molecule has 0 bridgehead atoms. The van der Waals surface area contributed by atoms with E-state index in [1.165, 1.54) is 0 Å². The second-order valence-electron chi connectivity index (χ2n) is 12.7. The van der Waals surface area contributed by atoms with Crippen molar-refractivity contribution >= 4 is 34.5 Å². The topological polar surface area (TPSA) is 181 Å². The summed E-state index contributed by atoms with van der Waals surface area (Å²) in [4.78, 5) is 22.4. The molecule has 47 heavy (non-hydrogen) atoms. The molecule has 0 aliphatic carbocycles. The first-order valence-electron chi connectivity index (χ1n) is 16.0. The first kappa shape index (κ1) is 35.5. The number of carbonyl (C=O) groups excluding carboxylic acids is 1. The highest BCUT2D eigenvalue weighted by Crippen LogP contribution is 2.39. The van der Waals surface area contributed by atoms with Gasteiger partial charge >= 0.3 is 5.97 Å². The lowest BCUT2D eigenvalue weighted by Crippen LogP contribution is -2.67. The van der Waals surface area contributed by atoms with Crippen LogP contribution in [0.25, 0.3) is 11.1 Å². The lowest BCUT2D eigenvalue weighted by atomic mass is 9.92. The largest absolute Gasteiger partial charge is 0.437 e. The Morgan fingerprint density at radius 1 is 1.04 bits per heavy atom. The van der Waals surface area contributed by atoms with Gasteiger partial charge in [-0.25, -0.2) is 4.98 Å². The smallest absolute Gasteiger partial charge is 0.355 e. The predicted molar refractivity (Wildman–Crippen MR) is 176 cm³/mol. The van der Waals surface area contributed by atoms with Crippen LogP contribution < -0.4 is 10.1 Å². The van der Waals surface area contributed by atoms with Crippen LogP contribution in [-0.2, 0) is 9.53 Å². The molecule has 14 heteroatoms. The molecule has 258 valence electrons. The minimum Gasteiger partial charge on any atom is -0.437 e. The minimum absolute atomic E-state index is 0.0630. The molecular weight excluding hydrogens is 628 g/mol. The Morgan fingerprint density at radius 2 is 1.68 bits per heavy atom. The van der Waals surface area contributed by atoms with E-state index in [0.29, 0.717) is 10.9 Å². The first-order chi connectivity index (χ1) is 22.4. The van der Waals surface area contributed by atoms with Gasteiger partial charge in [-0.3, -0.25) is 14.6 Å². The summed E-state index contributed by atoms with van der Waals surface area (Å²) in [6.45, 7) is 11.5. The Bertz CT molecular complexity index is 1450. The molecule has 1 aromatic heterocycles. The number of thioether (sulfide) groups is 1. The number of nitrogens with one attached hydrogen (secondary N) is 1. The van der Waals surface area contributed by atoms with Gasteiger partial charge in [0, 0.05) is 44.2 Å². The van der Waals surface area contributed by atoms with Crippen LogP contribution in [-0.4, -0.2) is 128 Å². The third kappa shape index (κ3) is 8.27. The van der Waals surface area contributed by atoms with Crippen LogP contribution in [0, 0.1) is 0 Å². The molecule has 2 aliphatic rings. The maximum absolute atomic E-state index is 13.4. The fourth-order valence-corrected chi connectivity index (χ4v) is 6.71. The van der Waals surface area contributed by atoms with Crippen molar-refractivity contribution in [3.63, 3.8) is 0 Å². The summed E-state index contributed by atoms with van der Waals surface area (Å²) in [5.41, 5.74) is 3.80. The second-order valence-corrected chi connectivity index (χ2v) is 13.8. The number of aromatic nitrogens is 1. The zero-order valence-corrected chi connectivity index (χ0v) is 28.0. The van der Waals surface area contributed by atoms with Gasteiger partial charge in [0.15, 0.2) is 11.7 Å². The van der Waals surface area contributed by atoms with Crippen LogP contribution in [0.1, 0.15) is 50.7 Å². The van der Waals surface area contributed by atoms with E-state index in [9.17, 15) is 30.3 Å². The lowest BCUT2D eigenvalue weighted by molar-refractivity contribution is -0.422. The number of piperazine rings is 1. The Morgan fingerprint density at radius 3 is 2.30 bits per heavy atom. The van der Waals surface area contributed by atoms with Crippen molar-refractivity contribution in [3.8, 4) is 5.75 Å². The number of para-hydroxylation sites is 2. The molecular formula is C33H46N4O9S. The Hall–Kier alpha value is -2.79. The summed E-state index contributed by atoms with van der Waals surface area (Å²) in [5, 5.41) is 55.2. The molecule has 3 heterocycles. The van der Waals surface area contributed by atoms with Crippen LogP contribution in [0.4, 0.5) is 5.69 Å². The fourth-order valence-electron chi connectivity index (χ4n) is 5.88. The van der Waals surface area contributed by atoms with E-state index in [1.54, 1.807) is 23.9 Å². The maximum atomic E-state index is 13.4. The standard InChI is InChI=1S/C33H46N4O9S/c1-19(2)22-15-21(45-33(43)31(42)30(41)29(40)26(18-38)46-33)16-23(20(3)4)28(22)35-27(39)17-37-11-9-36(10-12-37)13-14-47-32-34-24-7-5-6-8-25(24)44-32/h5-8,15-16,19-20,26,29-31,38,40-43H,9-14,17-18H2,1-4H3,(H,35,39)/t26-,29-,30+,31-,33-/m1/s1. The van der Waals surface area contributed by atoms with Gasteiger partial charge in [0.2, 0.25) is 5.91 Å². The first-order valence-corrected chi connectivity index (χ1v) is 17.0. The molecule has 2 aromatic carbocycles. The molecule has 2 fully saturated rings. The molecule has 0 radical (unpaired) electrons. The molecule has 0 spiro atoms. The van der Waals surface area contributed by atoms with E-state index in [4.69, 9.17) is 13.9 Å². The summed E-state index contributed by atoms with van der Waals surface area (Å²) < 4.78 is 16.8. The average Bonchev–Trinajstić information content (AvgIpc) is 3.46. The monoisotopic (exact) mass is 674 g/mol. The number of hydrogen-bond donors (Lipinski definition) is 6. The highest BCUT2D eigenvalue weighted by atomic mass is 32.2. The minimum atomic E-state index is -2.73. The molecule has 6 N–H and O–H groups in total. The summed E-state index contributed by atoms with van der Waals surface area (Å²) in [5.74, 6) is -2.02. The number of benzene rings is 2. The third-order valence-electron chi connectivity index (χ3n) is 8.61. The van der Waals surface area contributed by atoms with Crippen molar-refractivity contribution in [2.24, 2.45) is 0 Å². The van der Waals surface area contributed by atoms with Crippen LogP contribution in [0.2, 0.25) is 0 Å². The highest BCUT2D eigenvalue weighted by molar-refractivity contribution is 7.99. The van der Waals surface area contributed by atoms with Gasteiger partial charge in [-0.05, 0) is 47.2 Å². The second kappa shape index (κ2) is 15.2. The number of aliphatic hydroxyl groups excluding tert-OH is 4. The van der Waals surface area contributed by atoms with Crippen LogP contribution in [0.3, 0.4) is 0 Å². The summed E-state index contributed by atoms with van der Waals surface area (Å²) in [6.07, 6.45) is -6.84. The van der Waals surface area contributed by atoms with E-state index >= 15 is 0 Å². The van der Waals surface area contributed by atoms with E-state index in [1.807, 2.05) is 52.0 Å². The van der Waals surface area contributed by atoms with Crippen LogP contribution in [0.5, 0.6) is 5.75 Å². The molecule has 2 aliphatic heterocycles. The molecule has 0 saturated carbocycles. The van der Waals surface area contributed by atoms with E-state index in [0.717, 1.165) is 60.7 Å². The van der Waals surface area contributed by atoms with Gasteiger partial charge in [-0.1, -0.05) is 51.6 Å². The number of hydrogen-bond acceptors (Lipinski definition) is 13. The van der Waals surface area contributed by atoms with Gasteiger partial charge in [0.25, 0.3) is 5.22 Å². The van der Waals surface area contributed by atoms with Crippen molar-refractivity contribution in [1.29, 1.82) is 0 Å². The Kier molecular flexibility index (Phi) is 11.5. The number of amides is 1. The number of aliphatic hydroxyl groups is 5. The molecule has 13 nitrogen and oxygen atoms in total. The van der Waals surface area contributed by atoms with E-state index < -0.39 is 37.0 Å². The number of ether oxygens (including phenoxy) is 2. The number of fused-ring (bicyclic) bond motifs is 1. The number of oxazole rings is 1. The van der Waals surface area contributed by atoms with E-state index in [-0.39, 0.29) is 30.0 Å². The van der Waals surface area contributed by atoms with Crippen molar-refractivity contribution in [3.05, 3.63) is 47.5 Å². The quantitative estimate of drug-likeness (QED) is 0.121. The van der Waals surface area contributed by atoms with Gasteiger partial charge in [0.1, 0.15) is 29.6 Å². The highest BCUT2D eigenvalue weighted by Gasteiger charge is 2.55. The summed E-state index contributed by atoms with van der Waals surface area (Å²) in [7, 11) is 0.